The van der Waals surface area contributed by atoms with Gasteiger partial charge in [-0.2, -0.15) is 4.98 Å². The van der Waals surface area contributed by atoms with E-state index in [9.17, 15) is 4.79 Å². The van der Waals surface area contributed by atoms with Crippen molar-refractivity contribution in [3.8, 4) is 34.0 Å². The Morgan fingerprint density at radius 3 is 2.44 bits per heavy atom. The van der Waals surface area contributed by atoms with Crippen LogP contribution in [0.25, 0.3) is 22.5 Å². The van der Waals surface area contributed by atoms with Gasteiger partial charge < -0.3 is 23.8 Å². The van der Waals surface area contributed by atoms with Crippen LogP contribution in [0.5, 0.6) is 11.5 Å². The first-order valence-corrected chi connectivity index (χ1v) is 13.1. The van der Waals surface area contributed by atoms with Crippen molar-refractivity contribution in [1.82, 2.24) is 15.0 Å². The molecule has 0 aliphatic carbocycles. The minimum atomic E-state index is -0.0308. The first kappa shape index (κ1) is 26.4. The number of methoxy groups -OCH3 is 1. The van der Waals surface area contributed by atoms with E-state index in [-0.39, 0.29) is 11.9 Å². The van der Waals surface area contributed by atoms with Gasteiger partial charge in [-0.15, -0.1) is 0 Å². The Morgan fingerprint density at radius 1 is 1.05 bits per heavy atom. The molecule has 0 spiro atoms. The summed E-state index contributed by atoms with van der Waals surface area (Å²) in [6.45, 7) is 7.21. The number of fused-ring (bicyclic) bond motifs is 1. The van der Waals surface area contributed by atoms with Crippen LogP contribution in [0.3, 0.4) is 0 Å². The Labute approximate surface area is 229 Å². The molecule has 0 saturated heterocycles. The van der Waals surface area contributed by atoms with Gasteiger partial charge in [0, 0.05) is 36.7 Å². The maximum atomic E-state index is 13.7. The van der Waals surface area contributed by atoms with E-state index in [1.54, 1.807) is 14.0 Å². The van der Waals surface area contributed by atoms with Crippen molar-refractivity contribution in [2.75, 3.05) is 39.3 Å². The molecule has 0 N–H and O–H groups in total. The number of rotatable bonds is 8. The molecule has 1 atom stereocenters. The number of aromatic nitrogens is 2. The van der Waals surface area contributed by atoms with Crippen molar-refractivity contribution in [3.05, 3.63) is 77.2 Å². The highest BCUT2D eigenvalue weighted by molar-refractivity contribution is 6.08. The molecule has 0 fully saturated rings. The zero-order chi connectivity index (χ0) is 27.7. The molecule has 2 heterocycles. The molecular formula is C31H34N4O4. The number of benzene rings is 3. The molecule has 0 saturated carbocycles. The summed E-state index contributed by atoms with van der Waals surface area (Å²) < 4.78 is 16.7. The summed E-state index contributed by atoms with van der Waals surface area (Å²) in [7, 11) is 5.65. The predicted octanol–water partition coefficient (Wildman–Crippen LogP) is 5.56. The fourth-order valence-corrected chi connectivity index (χ4v) is 5.02. The normalized spacial score (nSPS) is 14.5. The summed E-state index contributed by atoms with van der Waals surface area (Å²) in [5, 5.41) is 4.01. The van der Waals surface area contributed by atoms with Crippen molar-refractivity contribution in [1.29, 1.82) is 0 Å². The number of aryl methyl sites for hydroxylation is 2. The monoisotopic (exact) mass is 526 g/mol. The summed E-state index contributed by atoms with van der Waals surface area (Å²) in [6, 6.07) is 17.8. The van der Waals surface area contributed by atoms with Gasteiger partial charge in [0.1, 0.15) is 6.61 Å². The van der Waals surface area contributed by atoms with Gasteiger partial charge >= 0.3 is 0 Å². The first-order valence-electron chi connectivity index (χ1n) is 13.1. The lowest BCUT2D eigenvalue weighted by molar-refractivity contribution is 0.0981. The summed E-state index contributed by atoms with van der Waals surface area (Å²) in [4.78, 5) is 22.0. The van der Waals surface area contributed by atoms with Gasteiger partial charge in [0.2, 0.25) is 11.7 Å². The van der Waals surface area contributed by atoms with E-state index in [0.29, 0.717) is 35.4 Å². The van der Waals surface area contributed by atoms with Crippen molar-refractivity contribution < 1.29 is 18.8 Å². The molecule has 4 aromatic rings. The highest BCUT2D eigenvalue weighted by atomic mass is 16.5. The van der Waals surface area contributed by atoms with Gasteiger partial charge in [0.25, 0.3) is 5.91 Å². The van der Waals surface area contributed by atoms with Crippen LogP contribution in [-0.2, 0) is 6.42 Å². The van der Waals surface area contributed by atoms with E-state index in [2.05, 4.69) is 35.0 Å². The lowest BCUT2D eigenvalue weighted by Crippen LogP contribution is -2.35. The van der Waals surface area contributed by atoms with Crippen LogP contribution in [-0.4, -0.2) is 61.3 Å². The number of anilines is 1. The van der Waals surface area contributed by atoms with E-state index in [1.165, 1.54) is 0 Å². The zero-order valence-electron chi connectivity index (χ0n) is 23.3. The molecule has 8 nitrogen and oxygen atoms in total. The van der Waals surface area contributed by atoms with Crippen LogP contribution in [0.1, 0.15) is 34.3 Å². The smallest absolute Gasteiger partial charge is 0.258 e. The third kappa shape index (κ3) is 5.38. The Morgan fingerprint density at radius 2 is 1.79 bits per heavy atom. The molecule has 8 heteroatoms. The van der Waals surface area contributed by atoms with Crippen molar-refractivity contribution >= 4 is 11.6 Å². The summed E-state index contributed by atoms with van der Waals surface area (Å²) in [5.41, 5.74) is 6.72. The number of carbonyl (C=O) groups excluding carboxylic acids is 1. The largest absolute Gasteiger partial charge is 0.493 e. The molecule has 1 aliphatic heterocycles. The Balaban J connectivity index is 1.38. The third-order valence-corrected chi connectivity index (χ3v) is 7.05. The lowest BCUT2D eigenvalue weighted by Gasteiger charge is -2.24. The standard InChI is InChI=1S/C31H34N4O4/c1-19-15-24(30-32-21(3)39-33-30)11-12-26(19)22-7-9-23(10-8-22)31(36)35-20(2)16-25-17-28(37-6)29(18-27(25)35)38-14-13-34(4)5/h7-12,15,17-18,20H,13-14,16H2,1-6H3. The molecule has 39 heavy (non-hydrogen) atoms. The number of hydrogen-bond donors (Lipinski definition) is 0. The van der Waals surface area contributed by atoms with Gasteiger partial charge in [-0.25, -0.2) is 0 Å². The predicted molar refractivity (Wildman–Crippen MR) is 152 cm³/mol. The highest BCUT2D eigenvalue weighted by Crippen LogP contribution is 2.41. The van der Waals surface area contributed by atoms with E-state index in [1.807, 2.05) is 67.5 Å². The van der Waals surface area contributed by atoms with Crippen LogP contribution in [0.4, 0.5) is 5.69 Å². The second-order valence-electron chi connectivity index (χ2n) is 10.3. The first-order chi connectivity index (χ1) is 18.7. The van der Waals surface area contributed by atoms with Crippen LogP contribution in [0.2, 0.25) is 0 Å². The van der Waals surface area contributed by atoms with Crippen LogP contribution in [0, 0.1) is 13.8 Å². The fraction of sp³-hybridized carbons (Fsp3) is 0.323. The minimum Gasteiger partial charge on any atom is -0.493 e. The van der Waals surface area contributed by atoms with Crippen LogP contribution in [0.15, 0.2) is 59.1 Å². The van der Waals surface area contributed by atoms with Crippen LogP contribution >= 0.6 is 0 Å². The lowest BCUT2D eigenvalue weighted by atomic mass is 9.97. The maximum Gasteiger partial charge on any atom is 0.258 e. The molecule has 1 aromatic heterocycles. The second-order valence-corrected chi connectivity index (χ2v) is 10.3. The fourth-order valence-electron chi connectivity index (χ4n) is 5.02. The number of hydrogen-bond acceptors (Lipinski definition) is 7. The Bertz CT molecular complexity index is 1490. The zero-order valence-corrected chi connectivity index (χ0v) is 23.3. The van der Waals surface area contributed by atoms with Crippen molar-refractivity contribution in [2.45, 2.75) is 33.2 Å². The molecule has 0 bridgehead atoms. The topological polar surface area (TPSA) is 80.9 Å². The summed E-state index contributed by atoms with van der Waals surface area (Å²) >= 11 is 0. The molecule has 3 aromatic carbocycles. The summed E-state index contributed by atoms with van der Waals surface area (Å²) in [5.74, 6) is 2.42. The quantitative estimate of drug-likeness (QED) is 0.297. The van der Waals surface area contributed by atoms with E-state index < -0.39 is 0 Å². The van der Waals surface area contributed by atoms with Crippen molar-refractivity contribution in [2.24, 2.45) is 0 Å². The number of amides is 1. The number of nitrogens with zero attached hydrogens (tertiary/aromatic N) is 4. The minimum absolute atomic E-state index is 0.0254. The average Bonchev–Trinajstić information content (AvgIpc) is 3.49. The van der Waals surface area contributed by atoms with E-state index in [0.717, 1.165) is 46.5 Å². The molecule has 1 amide bonds. The molecular weight excluding hydrogens is 492 g/mol. The molecule has 202 valence electrons. The number of ether oxygens (including phenoxy) is 2. The van der Waals surface area contributed by atoms with E-state index in [4.69, 9.17) is 14.0 Å². The van der Waals surface area contributed by atoms with Gasteiger partial charge in [-0.05, 0) is 80.9 Å². The van der Waals surface area contributed by atoms with Crippen LogP contribution < -0.4 is 14.4 Å². The molecule has 1 unspecified atom stereocenters. The average molecular weight is 527 g/mol. The third-order valence-electron chi connectivity index (χ3n) is 7.05. The Hall–Kier alpha value is -4.17. The highest BCUT2D eigenvalue weighted by Gasteiger charge is 2.33. The van der Waals surface area contributed by atoms with Gasteiger partial charge in [0.15, 0.2) is 11.5 Å². The molecule has 0 radical (unpaired) electrons. The van der Waals surface area contributed by atoms with E-state index >= 15 is 0 Å². The van der Waals surface area contributed by atoms with Gasteiger partial charge in [-0.1, -0.05) is 29.4 Å². The molecule has 5 rings (SSSR count). The SMILES string of the molecule is COc1cc2c(cc1OCCN(C)C)N(C(=O)c1ccc(-c3ccc(-c4noc(C)n4)cc3C)cc1)C(C)C2. The van der Waals surface area contributed by atoms with Gasteiger partial charge in [0.05, 0.1) is 12.8 Å². The second kappa shape index (κ2) is 10.9. The number of likely N-dealkylation sites (N-methyl/N-ethyl adjacent to an activating group) is 1. The van der Waals surface area contributed by atoms with Crippen molar-refractivity contribution in [3.63, 3.8) is 0 Å². The Kier molecular flexibility index (Phi) is 7.39. The molecule has 1 aliphatic rings. The van der Waals surface area contributed by atoms with Gasteiger partial charge in [-0.3, -0.25) is 4.79 Å². The maximum absolute atomic E-state index is 13.7. The summed E-state index contributed by atoms with van der Waals surface area (Å²) in [6.07, 6.45) is 0.763. The number of carbonyl (C=O) groups is 1.